The molecule has 0 amide bonds. The zero-order valence-corrected chi connectivity index (χ0v) is 7.40. The number of aromatic nitrogens is 2. The number of nitrogens with zero attached hydrogens (tertiary/aromatic N) is 2. The highest BCUT2D eigenvalue weighted by molar-refractivity contribution is 5.15. The molecule has 2 heteroatoms. The first-order valence-corrected chi connectivity index (χ1v) is 4.14. The summed E-state index contributed by atoms with van der Waals surface area (Å²) in [5, 5.41) is 0. The molecule has 0 N–H and O–H groups in total. The Bertz CT molecular complexity index is 257. The Balaban J connectivity index is 2.60. The van der Waals surface area contributed by atoms with Crippen LogP contribution in [0.2, 0.25) is 0 Å². The Hall–Kier alpha value is -1.31. The molecule has 64 valence electrons. The Labute approximate surface area is 73.2 Å². The molecule has 0 spiro atoms. The Kier molecular flexibility index (Phi) is 3.33. The van der Waals surface area contributed by atoms with Crippen LogP contribution in [-0.4, -0.2) is 9.55 Å². The number of hydrogen-bond donors (Lipinski definition) is 0. The van der Waals surface area contributed by atoms with Crippen LogP contribution in [0.4, 0.5) is 0 Å². The van der Waals surface area contributed by atoms with Crippen LogP contribution in [0.3, 0.4) is 0 Å². The van der Waals surface area contributed by atoms with E-state index in [9.17, 15) is 0 Å². The highest BCUT2D eigenvalue weighted by atomic mass is 15.0. The molecule has 12 heavy (non-hydrogen) atoms. The number of allylic oxidation sites excluding steroid dienone is 3. The third-order valence-corrected chi connectivity index (χ3v) is 1.65. The summed E-state index contributed by atoms with van der Waals surface area (Å²) in [6.45, 7) is 6.75. The number of rotatable bonds is 4. The molecule has 0 aliphatic heterocycles. The largest absolute Gasteiger partial charge is 0.333 e. The highest BCUT2D eigenvalue weighted by Crippen LogP contribution is 2.02. The molecule has 0 fully saturated rings. The summed E-state index contributed by atoms with van der Waals surface area (Å²) in [5.74, 6) is 0. The predicted molar refractivity (Wildman–Crippen MR) is 50.8 cm³/mol. The van der Waals surface area contributed by atoms with Crippen LogP contribution in [0.1, 0.15) is 13.3 Å². The minimum atomic E-state index is 0.872. The van der Waals surface area contributed by atoms with E-state index in [1.54, 1.807) is 6.20 Å². The van der Waals surface area contributed by atoms with Crippen molar-refractivity contribution in [1.82, 2.24) is 9.55 Å². The van der Waals surface area contributed by atoms with Crippen molar-refractivity contribution in [3.63, 3.8) is 0 Å². The molecule has 0 unspecified atom stereocenters. The number of hydrogen-bond acceptors (Lipinski definition) is 1. The lowest BCUT2D eigenvalue weighted by molar-refractivity contribution is 0.793. The SMILES string of the molecule is C=C/C(=C\CC)Cn1ccnc1. The molecule has 1 rings (SSSR count). The first-order valence-electron chi connectivity index (χ1n) is 4.14. The van der Waals surface area contributed by atoms with Gasteiger partial charge in [-0.2, -0.15) is 0 Å². The fourth-order valence-corrected chi connectivity index (χ4v) is 1.07. The van der Waals surface area contributed by atoms with Crippen molar-refractivity contribution >= 4 is 0 Å². The Morgan fingerprint density at radius 2 is 2.50 bits per heavy atom. The highest BCUT2D eigenvalue weighted by Gasteiger charge is 1.91. The molecule has 0 saturated carbocycles. The second-order valence-electron chi connectivity index (χ2n) is 2.63. The van der Waals surface area contributed by atoms with Crippen LogP contribution in [0.5, 0.6) is 0 Å². The van der Waals surface area contributed by atoms with Gasteiger partial charge in [0, 0.05) is 18.9 Å². The van der Waals surface area contributed by atoms with Crippen LogP contribution in [0, 0.1) is 0 Å². The third kappa shape index (κ3) is 2.38. The van der Waals surface area contributed by atoms with Crippen LogP contribution in [-0.2, 0) is 6.54 Å². The molecule has 1 aromatic heterocycles. The van der Waals surface area contributed by atoms with Crippen molar-refractivity contribution in [2.24, 2.45) is 0 Å². The molecule has 0 saturated heterocycles. The van der Waals surface area contributed by atoms with Crippen molar-refractivity contribution in [2.45, 2.75) is 19.9 Å². The molecular weight excluding hydrogens is 148 g/mol. The summed E-state index contributed by atoms with van der Waals surface area (Å²) in [6, 6.07) is 0. The molecule has 0 aliphatic carbocycles. The maximum absolute atomic E-state index is 3.97. The van der Waals surface area contributed by atoms with Crippen molar-refractivity contribution in [2.75, 3.05) is 0 Å². The Morgan fingerprint density at radius 3 is 3.00 bits per heavy atom. The van der Waals surface area contributed by atoms with Gasteiger partial charge >= 0.3 is 0 Å². The zero-order valence-electron chi connectivity index (χ0n) is 7.40. The van der Waals surface area contributed by atoms with Gasteiger partial charge in [0.1, 0.15) is 0 Å². The average Bonchev–Trinajstić information content (AvgIpc) is 2.56. The van der Waals surface area contributed by atoms with E-state index in [1.165, 1.54) is 5.57 Å². The zero-order chi connectivity index (χ0) is 8.81. The van der Waals surface area contributed by atoms with E-state index in [2.05, 4.69) is 24.6 Å². The molecular formula is C10H14N2. The van der Waals surface area contributed by atoms with E-state index in [0.717, 1.165) is 13.0 Å². The van der Waals surface area contributed by atoms with Gasteiger partial charge in [0.15, 0.2) is 0 Å². The second-order valence-corrected chi connectivity index (χ2v) is 2.63. The minimum Gasteiger partial charge on any atom is -0.333 e. The van der Waals surface area contributed by atoms with Crippen molar-refractivity contribution in [3.8, 4) is 0 Å². The van der Waals surface area contributed by atoms with Gasteiger partial charge in [-0.05, 0) is 12.0 Å². The van der Waals surface area contributed by atoms with Gasteiger partial charge in [0.2, 0.25) is 0 Å². The lowest BCUT2D eigenvalue weighted by Crippen LogP contribution is -1.95. The standard InChI is InChI=1S/C10H14N2/c1-3-5-10(4-2)8-12-7-6-11-9-12/h4-7,9H,2-3,8H2,1H3/b10-5+. The molecule has 1 heterocycles. The van der Waals surface area contributed by atoms with Gasteiger partial charge in [0.05, 0.1) is 6.33 Å². The molecule has 2 nitrogen and oxygen atoms in total. The lowest BCUT2D eigenvalue weighted by Gasteiger charge is -2.01. The first kappa shape index (κ1) is 8.78. The molecule has 0 radical (unpaired) electrons. The summed E-state index contributed by atoms with van der Waals surface area (Å²) in [6.07, 6.45) is 10.7. The summed E-state index contributed by atoms with van der Waals surface area (Å²) < 4.78 is 2.03. The van der Waals surface area contributed by atoms with Crippen LogP contribution < -0.4 is 0 Å². The van der Waals surface area contributed by atoms with Crippen molar-refractivity contribution in [1.29, 1.82) is 0 Å². The van der Waals surface area contributed by atoms with Gasteiger partial charge in [-0.3, -0.25) is 0 Å². The number of imidazole rings is 1. The fourth-order valence-electron chi connectivity index (χ4n) is 1.07. The van der Waals surface area contributed by atoms with Crippen LogP contribution in [0.25, 0.3) is 0 Å². The molecule has 0 aliphatic rings. The smallest absolute Gasteiger partial charge is 0.0949 e. The maximum Gasteiger partial charge on any atom is 0.0949 e. The maximum atomic E-state index is 3.97. The van der Waals surface area contributed by atoms with Crippen molar-refractivity contribution < 1.29 is 0 Å². The third-order valence-electron chi connectivity index (χ3n) is 1.65. The van der Waals surface area contributed by atoms with E-state index < -0.39 is 0 Å². The predicted octanol–water partition coefficient (Wildman–Crippen LogP) is 2.41. The summed E-state index contributed by atoms with van der Waals surface area (Å²) in [4.78, 5) is 3.97. The van der Waals surface area contributed by atoms with Gasteiger partial charge in [0.25, 0.3) is 0 Å². The lowest BCUT2D eigenvalue weighted by atomic mass is 10.2. The fraction of sp³-hybridized carbons (Fsp3) is 0.300. The van der Waals surface area contributed by atoms with Gasteiger partial charge in [-0.15, -0.1) is 0 Å². The Morgan fingerprint density at radius 1 is 1.67 bits per heavy atom. The monoisotopic (exact) mass is 162 g/mol. The molecule has 0 aromatic carbocycles. The normalized spacial score (nSPS) is 11.6. The second kappa shape index (κ2) is 4.54. The quantitative estimate of drug-likeness (QED) is 0.622. The van der Waals surface area contributed by atoms with E-state index in [0.29, 0.717) is 0 Å². The van der Waals surface area contributed by atoms with E-state index in [1.807, 2.05) is 23.2 Å². The minimum absolute atomic E-state index is 0.872. The molecule has 0 bridgehead atoms. The molecule has 0 atom stereocenters. The summed E-state index contributed by atoms with van der Waals surface area (Å²) >= 11 is 0. The average molecular weight is 162 g/mol. The van der Waals surface area contributed by atoms with E-state index in [4.69, 9.17) is 0 Å². The van der Waals surface area contributed by atoms with Crippen LogP contribution in [0.15, 0.2) is 43.0 Å². The van der Waals surface area contributed by atoms with Crippen LogP contribution >= 0.6 is 0 Å². The van der Waals surface area contributed by atoms with Gasteiger partial charge in [-0.25, -0.2) is 4.98 Å². The first-order chi connectivity index (χ1) is 5.86. The summed E-state index contributed by atoms with van der Waals surface area (Å²) in [5.41, 5.74) is 1.25. The topological polar surface area (TPSA) is 17.8 Å². The van der Waals surface area contributed by atoms with Gasteiger partial charge in [-0.1, -0.05) is 25.7 Å². The summed E-state index contributed by atoms with van der Waals surface area (Å²) in [7, 11) is 0. The van der Waals surface area contributed by atoms with E-state index >= 15 is 0 Å². The van der Waals surface area contributed by atoms with Gasteiger partial charge < -0.3 is 4.57 Å². The molecule has 1 aromatic rings. The van der Waals surface area contributed by atoms with Crippen molar-refractivity contribution in [3.05, 3.63) is 43.0 Å². The van der Waals surface area contributed by atoms with E-state index in [-0.39, 0.29) is 0 Å².